The third-order valence-corrected chi connectivity index (χ3v) is 15.8. The standard InChI is InChI=1S/C33H44N4O2SSi/c1-22(2)41(23(3)4,24(5)6)38-19-20-40-31-14-10-9-13-28(31)33-36-35-32-18-15-25(21-37(32)33)39-30-17-16-29(34)26-11-7-8-12-27(26)30/h7-15,18,21-24,29-30H,16-17,19-20,34H2,1-6H3/t29-,30-/m0/s1. The lowest BCUT2D eigenvalue weighted by Gasteiger charge is -2.42. The van der Waals surface area contributed by atoms with Crippen LogP contribution in [-0.4, -0.2) is 35.3 Å². The molecule has 2 heterocycles. The van der Waals surface area contributed by atoms with Crippen molar-refractivity contribution in [2.45, 2.75) is 88.0 Å². The summed E-state index contributed by atoms with van der Waals surface area (Å²) in [5.41, 5.74) is 12.3. The molecule has 2 aromatic carbocycles. The van der Waals surface area contributed by atoms with E-state index in [2.05, 4.69) is 100 Å². The topological polar surface area (TPSA) is 74.7 Å². The average Bonchev–Trinajstić information content (AvgIpc) is 3.37. The molecule has 0 unspecified atom stereocenters. The van der Waals surface area contributed by atoms with E-state index in [0.29, 0.717) is 16.6 Å². The van der Waals surface area contributed by atoms with Gasteiger partial charge in [-0.1, -0.05) is 84.0 Å². The van der Waals surface area contributed by atoms with Gasteiger partial charge in [0.05, 0.1) is 6.20 Å². The van der Waals surface area contributed by atoms with E-state index < -0.39 is 8.32 Å². The molecule has 4 aromatic rings. The van der Waals surface area contributed by atoms with E-state index in [4.69, 9.17) is 14.9 Å². The predicted molar refractivity (Wildman–Crippen MR) is 172 cm³/mol. The summed E-state index contributed by atoms with van der Waals surface area (Å²) in [7, 11) is -1.88. The molecule has 0 amide bonds. The number of hydrogen-bond donors (Lipinski definition) is 1. The molecule has 1 aliphatic rings. The molecule has 0 bridgehead atoms. The molecule has 0 spiro atoms. The minimum Gasteiger partial charge on any atom is -0.484 e. The third kappa shape index (κ3) is 5.98. The third-order valence-electron chi connectivity index (χ3n) is 8.66. The quantitative estimate of drug-likeness (QED) is 0.107. The van der Waals surface area contributed by atoms with Gasteiger partial charge in [0, 0.05) is 28.9 Å². The van der Waals surface area contributed by atoms with Crippen molar-refractivity contribution in [1.82, 2.24) is 14.6 Å². The van der Waals surface area contributed by atoms with Crippen molar-refractivity contribution in [1.29, 1.82) is 0 Å². The van der Waals surface area contributed by atoms with Gasteiger partial charge in [0.2, 0.25) is 0 Å². The molecular weight excluding hydrogens is 545 g/mol. The van der Waals surface area contributed by atoms with Gasteiger partial charge in [-0.15, -0.1) is 22.0 Å². The lowest BCUT2D eigenvalue weighted by atomic mass is 9.86. The number of thioether (sulfide) groups is 1. The van der Waals surface area contributed by atoms with Gasteiger partial charge >= 0.3 is 0 Å². The molecule has 2 atom stereocenters. The summed E-state index contributed by atoms with van der Waals surface area (Å²) in [4.78, 5) is 1.18. The fraction of sp³-hybridized carbons (Fsp3) is 0.455. The van der Waals surface area contributed by atoms with Crippen LogP contribution in [0.3, 0.4) is 0 Å². The number of fused-ring (bicyclic) bond motifs is 2. The molecule has 5 rings (SSSR count). The van der Waals surface area contributed by atoms with Crippen molar-refractivity contribution in [3.05, 3.63) is 78.0 Å². The van der Waals surface area contributed by atoms with Crippen LogP contribution in [0, 0.1) is 0 Å². The SMILES string of the molecule is CC(C)[Si](OCCSc1ccccc1-c1nnc2ccc(O[C@H]3CC[C@H](N)c4ccccc43)cn12)(C(C)C)C(C)C. The fourth-order valence-corrected chi connectivity index (χ4v) is 13.3. The van der Waals surface area contributed by atoms with Gasteiger partial charge < -0.3 is 14.9 Å². The first-order valence-electron chi connectivity index (χ1n) is 14.9. The fourth-order valence-electron chi connectivity index (χ4n) is 6.84. The second-order valence-electron chi connectivity index (χ2n) is 12.0. The minimum absolute atomic E-state index is 0.0237. The average molecular weight is 589 g/mol. The van der Waals surface area contributed by atoms with Gasteiger partial charge in [-0.25, -0.2) is 0 Å². The molecule has 2 N–H and O–H groups in total. The van der Waals surface area contributed by atoms with Gasteiger partial charge in [0.1, 0.15) is 11.9 Å². The first-order chi connectivity index (χ1) is 19.7. The van der Waals surface area contributed by atoms with E-state index in [1.165, 1.54) is 16.0 Å². The number of ether oxygens (including phenoxy) is 1. The van der Waals surface area contributed by atoms with Crippen LogP contribution < -0.4 is 10.5 Å². The second kappa shape index (κ2) is 12.7. The molecule has 6 nitrogen and oxygen atoms in total. The first kappa shape index (κ1) is 29.8. The van der Waals surface area contributed by atoms with E-state index in [1.807, 2.05) is 34.5 Å². The Hall–Kier alpha value is -2.65. The summed E-state index contributed by atoms with van der Waals surface area (Å²) in [6, 6.07) is 20.8. The molecule has 0 aliphatic heterocycles. The highest BCUT2D eigenvalue weighted by Crippen LogP contribution is 2.43. The zero-order valence-electron chi connectivity index (χ0n) is 25.2. The van der Waals surface area contributed by atoms with Gasteiger partial charge in [-0.2, -0.15) is 0 Å². The smallest absolute Gasteiger partial charge is 0.200 e. The van der Waals surface area contributed by atoms with Crippen LogP contribution in [0.4, 0.5) is 0 Å². The summed E-state index contributed by atoms with van der Waals surface area (Å²) in [5.74, 6) is 2.51. The Morgan fingerprint density at radius 1 is 0.878 bits per heavy atom. The van der Waals surface area contributed by atoms with E-state index in [-0.39, 0.29) is 12.1 Å². The lowest BCUT2D eigenvalue weighted by molar-refractivity contribution is 0.176. The number of nitrogens with two attached hydrogens (primary N) is 1. The van der Waals surface area contributed by atoms with Crippen molar-refractivity contribution >= 4 is 25.7 Å². The number of rotatable bonds is 11. The summed E-state index contributed by atoms with van der Waals surface area (Å²) >= 11 is 1.83. The van der Waals surface area contributed by atoms with Crippen molar-refractivity contribution < 1.29 is 9.16 Å². The highest BCUT2D eigenvalue weighted by Gasteiger charge is 2.44. The molecule has 0 radical (unpaired) electrons. The maximum absolute atomic E-state index is 6.82. The molecule has 8 heteroatoms. The molecular formula is C33H44N4O2SSi. The highest BCUT2D eigenvalue weighted by atomic mass is 32.2. The van der Waals surface area contributed by atoms with E-state index >= 15 is 0 Å². The number of nitrogens with zero attached hydrogens (tertiary/aromatic N) is 3. The zero-order valence-corrected chi connectivity index (χ0v) is 27.0. The van der Waals surface area contributed by atoms with Crippen LogP contribution >= 0.6 is 11.8 Å². The molecule has 218 valence electrons. The number of hydrogen-bond acceptors (Lipinski definition) is 6. The second-order valence-corrected chi connectivity index (χ2v) is 18.6. The van der Waals surface area contributed by atoms with Crippen LogP contribution in [0.2, 0.25) is 16.6 Å². The molecule has 2 aromatic heterocycles. The van der Waals surface area contributed by atoms with Crippen LogP contribution in [0.5, 0.6) is 5.75 Å². The summed E-state index contributed by atoms with van der Waals surface area (Å²) in [5, 5.41) is 9.07. The lowest BCUT2D eigenvalue weighted by Crippen LogP contribution is -2.48. The normalized spacial score (nSPS) is 17.5. The Morgan fingerprint density at radius 3 is 2.29 bits per heavy atom. The maximum atomic E-state index is 6.82. The van der Waals surface area contributed by atoms with Crippen LogP contribution in [0.1, 0.15) is 77.7 Å². The molecule has 0 saturated carbocycles. The van der Waals surface area contributed by atoms with Gasteiger partial charge in [-0.3, -0.25) is 4.40 Å². The number of aromatic nitrogens is 3. The van der Waals surface area contributed by atoms with Crippen molar-refractivity contribution in [2.24, 2.45) is 5.73 Å². The largest absolute Gasteiger partial charge is 0.484 e. The van der Waals surface area contributed by atoms with Gasteiger partial charge in [0.15, 0.2) is 19.8 Å². The minimum atomic E-state index is -1.88. The van der Waals surface area contributed by atoms with Crippen LogP contribution in [0.25, 0.3) is 17.0 Å². The van der Waals surface area contributed by atoms with Crippen molar-refractivity contribution in [3.63, 3.8) is 0 Å². The molecule has 41 heavy (non-hydrogen) atoms. The molecule has 0 fully saturated rings. The van der Waals surface area contributed by atoms with Crippen molar-refractivity contribution in [3.8, 4) is 17.1 Å². The monoisotopic (exact) mass is 588 g/mol. The van der Waals surface area contributed by atoms with E-state index in [0.717, 1.165) is 48.0 Å². The Balaban J connectivity index is 1.35. The van der Waals surface area contributed by atoms with Gasteiger partial charge in [-0.05, 0) is 58.8 Å². The van der Waals surface area contributed by atoms with Crippen molar-refractivity contribution in [2.75, 3.05) is 12.4 Å². The molecule has 1 aliphatic carbocycles. The van der Waals surface area contributed by atoms with E-state index in [1.54, 1.807) is 0 Å². The van der Waals surface area contributed by atoms with E-state index in [9.17, 15) is 0 Å². The summed E-state index contributed by atoms with van der Waals surface area (Å²) in [6.07, 6.45) is 3.79. The summed E-state index contributed by atoms with van der Waals surface area (Å²) < 4.78 is 15.4. The van der Waals surface area contributed by atoms with Crippen LogP contribution in [-0.2, 0) is 4.43 Å². The highest BCUT2D eigenvalue weighted by molar-refractivity contribution is 7.99. The Bertz CT molecular complexity index is 1450. The maximum Gasteiger partial charge on any atom is 0.200 e. The summed E-state index contributed by atoms with van der Waals surface area (Å²) in [6.45, 7) is 14.8. The Kier molecular flexibility index (Phi) is 9.23. The predicted octanol–water partition coefficient (Wildman–Crippen LogP) is 8.59. The van der Waals surface area contributed by atoms with Crippen LogP contribution in [0.15, 0.2) is 71.8 Å². The first-order valence-corrected chi connectivity index (χ1v) is 18.1. The Labute approximate surface area is 250 Å². The molecule has 0 saturated heterocycles. The van der Waals surface area contributed by atoms with Gasteiger partial charge in [0.25, 0.3) is 0 Å². The number of pyridine rings is 1. The zero-order chi connectivity index (χ0) is 29.1. The number of benzene rings is 2. The Morgan fingerprint density at radius 2 is 1.56 bits per heavy atom.